The van der Waals surface area contributed by atoms with Gasteiger partial charge in [-0.3, -0.25) is 4.79 Å². The Bertz CT molecular complexity index is 1220. The fourth-order valence-electron chi connectivity index (χ4n) is 4.94. The van der Waals surface area contributed by atoms with Gasteiger partial charge in [0, 0.05) is 5.39 Å². The highest BCUT2D eigenvalue weighted by molar-refractivity contribution is 7.90. The third-order valence-electron chi connectivity index (χ3n) is 6.65. The molecule has 2 aliphatic rings. The molecule has 0 aromatic heterocycles. The highest BCUT2D eigenvalue weighted by Gasteiger charge is 2.34. The van der Waals surface area contributed by atoms with E-state index in [1.54, 1.807) is 18.2 Å². The molecule has 1 saturated carbocycles. The number of sulfonamides is 1. The minimum atomic E-state index is -3.96. The maximum absolute atomic E-state index is 13.3. The Labute approximate surface area is 177 Å². The molecule has 1 amide bonds. The summed E-state index contributed by atoms with van der Waals surface area (Å²) in [6.45, 7) is 0. The van der Waals surface area contributed by atoms with Gasteiger partial charge in [0.25, 0.3) is 10.0 Å². The summed E-state index contributed by atoms with van der Waals surface area (Å²) in [6.07, 6.45) is 6.07. The Kier molecular flexibility index (Phi) is 4.86. The minimum Gasteiger partial charge on any atom is -0.273 e. The van der Waals surface area contributed by atoms with Crippen molar-refractivity contribution in [1.29, 1.82) is 0 Å². The first-order valence-electron chi connectivity index (χ1n) is 10.7. The summed E-state index contributed by atoms with van der Waals surface area (Å²) in [5.41, 5.74) is 3.54. The van der Waals surface area contributed by atoms with Crippen LogP contribution >= 0.6 is 0 Å². The van der Waals surface area contributed by atoms with Gasteiger partial charge in [0.2, 0.25) is 5.91 Å². The summed E-state index contributed by atoms with van der Waals surface area (Å²) < 4.78 is 28.7. The van der Waals surface area contributed by atoms with Gasteiger partial charge in [0.1, 0.15) is 0 Å². The van der Waals surface area contributed by atoms with E-state index >= 15 is 0 Å². The van der Waals surface area contributed by atoms with E-state index in [1.165, 1.54) is 17.5 Å². The SMILES string of the molecule is O=C(NS(=O)(=O)c1cccc2ccccc12)C1CCCc2cccc(C3CCC3)c21. The molecule has 5 heteroatoms. The number of hydrogen-bond acceptors (Lipinski definition) is 3. The lowest BCUT2D eigenvalue weighted by Crippen LogP contribution is -2.36. The molecule has 3 aromatic carbocycles. The summed E-state index contributed by atoms with van der Waals surface area (Å²) in [7, 11) is -3.96. The molecule has 0 bridgehead atoms. The second-order valence-corrected chi connectivity index (χ2v) is 10.1. The van der Waals surface area contributed by atoms with Crippen LogP contribution in [-0.4, -0.2) is 14.3 Å². The third kappa shape index (κ3) is 3.31. The van der Waals surface area contributed by atoms with Crippen molar-refractivity contribution in [2.45, 2.75) is 55.3 Å². The Balaban J connectivity index is 1.49. The third-order valence-corrected chi connectivity index (χ3v) is 8.06. The molecule has 0 aliphatic heterocycles. The second kappa shape index (κ2) is 7.55. The number of nitrogens with one attached hydrogen (secondary N) is 1. The van der Waals surface area contributed by atoms with Crippen LogP contribution in [0.3, 0.4) is 0 Å². The molecule has 0 saturated heterocycles. The number of fused-ring (bicyclic) bond motifs is 2. The molecule has 1 N–H and O–H groups in total. The van der Waals surface area contributed by atoms with Crippen molar-refractivity contribution in [2.75, 3.05) is 0 Å². The summed E-state index contributed by atoms with van der Waals surface area (Å²) in [5, 5.41) is 1.46. The van der Waals surface area contributed by atoms with E-state index in [-0.39, 0.29) is 4.90 Å². The van der Waals surface area contributed by atoms with Gasteiger partial charge in [0.05, 0.1) is 10.8 Å². The number of aryl methyl sites for hydroxylation is 1. The maximum Gasteiger partial charge on any atom is 0.264 e. The fourth-order valence-corrected chi connectivity index (χ4v) is 6.19. The second-order valence-electron chi connectivity index (χ2n) is 8.44. The van der Waals surface area contributed by atoms with E-state index in [0.29, 0.717) is 17.7 Å². The molecule has 5 rings (SSSR count). The van der Waals surface area contributed by atoms with Crippen LogP contribution in [0, 0.1) is 0 Å². The largest absolute Gasteiger partial charge is 0.273 e. The Morgan fingerprint density at radius 2 is 1.63 bits per heavy atom. The van der Waals surface area contributed by atoms with Crippen LogP contribution in [0.15, 0.2) is 65.6 Å². The van der Waals surface area contributed by atoms with Crippen molar-refractivity contribution in [1.82, 2.24) is 4.72 Å². The van der Waals surface area contributed by atoms with E-state index in [0.717, 1.165) is 36.6 Å². The Morgan fingerprint density at radius 3 is 2.43 bits per heavy atom. The number of amides is 1. The van der Waals surface area contributed by atoms with Crippen molar-refractivity contribution < 1.29 is 13.2 Å². The number of benzene rings is 3. The average Bonchev–Trinajstić information content (AvgIpc) is 2.71. The molecule has 0 radical (unpaired) electrons. The molecule has 1 unspecified atom stereocenters. The van der Waals surface area contributed by atoms with Gasteiger partial charge < -0.3 is 0 Å². The van der Waals surface area contributed by atoms with E-state index in [4.69, 9.17) is 0 Å². The van der Waals surface area contributed by atoms with Crippen molar-refractivity contribution in [3.05, 3.63) is 77.4 Å². The number of carbonyl (C=O) groups excluding carboxylic acids is 1. The van der Waals surface area contributed by atoms with Gasteiger partial charge >= 0.3 is 0 Å². The molecule has 1 fully saturated rings. The topological polar surface area (TPSA) is 63.2 Å². The lowest BCUT2D eigenvalue weighted by Gasteiger charge is -2.33. The summed E-state index contributed by atoms with van der Waals surface area (Å²) in [6, 6.07) is 18.8. The highest BCUT2D eigenvalue weighted by atomic mass is 32.2. The van der Waals surface area contributed by atoms with Gasteiger partial charge in [-0.2, -0.15) is 0 Å². The Hall–Kier alpha value is -2.66. The predicted molar refractivity (Wildman–Crippen MR) is 118 cm³/mol. The van der Waals surface area contributed by atoms with Gasteiger partial charge in [-0.15, -0.1) is 0 Å². The Morgan fingerprint density at radius 1 is 0.867 bits per heavy atom. The molecule has 4 nitrogen and oxygen atoms in total. The lowest BCUT2D eigenvalue weighted by molar-refractivity contribution is -0.121. The number of rotatable bonds is 4. The monoisotopic (exact) mass is 419 g/mol. The standard InChI is InChI=1S/C25H25NO3S/c27-25(26-30(28,29)23-16-6-10-17-7-1-2-13-20(17)23)22-15-5-12-19-11-4-14-21(24(19)22)18-8-3-9-18/h1-2,4,6-7,10-11,13-14,16,18,22H,3,5,8-9,12,15H2,(H,26,27). The quantitative estimate of drug-likeness (QED) is 0.645. The molecule has 2 aliphatic carbocycles. The molecule has 1 atom stereocenters. The first-order valence-corrected chi connectivity index (χ1v) is 12.2. The van der Waals surface area contributed by atoms with Crippen LogP contribution in [0.1, 0.15) is 60.6 Å². The van der Waals surface area contributed by atoms with E-state index < -0.39 is 21.8 Å². The maximum atomic E-state index is 13.3. The van der Waals surface area contributed by atoms with E-state index in [9.17, 15) is 13.2 Å². The molecular weight excluding hydrogens is 394 g/mol. The van der Waals surface area contributed by atoms with Crippen LogP contribution < -0.4 is 4.72 Å². The zero-order valence-electron chi connectivity index (χ0n) is 16.8. The van der Waals surface area contributed by atoms with Crippen molar-refractivity contribution in [2.24, 2.45) is 0 Å². The number of hydrogen-bond donors (Lipinski definition) is 1. The first-order chi connectivity index (χ1) is 14.5. The van der Waals surface area contributed by atoms with Gasteiger partial charge in [0.15, 0.2) is 0 Å². The smallest absolute Gasteiger partial charge is 0.264 e. The highest BCUT2D eigenvalue weighted by Crippen LogP contribution is 2.44. The molecule has 3 aromatic rings. The van der Waals surface area contributed by atoms with Crippen molar-refractivity contribution >= 4 is 26.7 Å². The number of carbonyl (C=O) groups is 1. The van der Waals surface area contributed by atoms with Gasteiger partial charge in [-0.1, -0.05) is 61.0 Å². The molecular formula is C25H25NO3S. The lowest BCUT2D eigenvalue weighted by atomic mass is 9.72. The van der Waals surface area contributed by atoms with Crippen LogP contribution in [-0.2, 0) is 21.2 Å². The predicted octanol–water partition coefficient (Wildman–Crippen LogP) is 5.03. The van der Waals surface area contributed by atoms with Crippen molar-refractivity contribution in [3.8, 4) is 0 Å². The first kappa shape index (κ1) is 19.3. The summed E-state index contributed by atoms with van der Waals surface area (Å²) in [5.74, 6) is -0.311. The molecule has 30 heavy (non-hydrogen) atoms. The molecule has 154 valence electrons. The van der Waals surface area contributed by atoms with Gasteiger partial charge in [-0.05, 0) is 66.2 Å². The van der Waals surface area contributed by atoms with Crippen LogP contribution in [0.2, 0.25) is 0 Å². The van der Waals surface area contributed by atoms with Crippen LogP contribution in [0.5, 0.6) is 0 Å². The van der Waals surface area contributed by atoms with Gasteiger partial charge in [-0.25, -0.2) is 13.1 Å². The normalized spacial score (nSPS) is 19.1. The molecule has 0 spiro atoms. The summed E-state index contributed by atoms with van der Waals surface area (Å²) >= 11 is 0. The van der Waals surface area contributed by atoms with Crippen molar-refractivity contribution in [3.63, 3.8) is 0 Å². The zero-order valence-corrected chi connectivity index (χ0v) is 17.6. The van der Waals surface area contributed by atoms with E-state index in [2.05, 4.69) is 22.9 Å². The molecule has 0 heterocycles. The van der Waals surface area contributed by atoms with Crippen LogP contribution in [0.4, 0.5) is 0 Å². The summed E-state index contributed by atoms with van der Waals surface area (Å²) in [4.78, 5) is 13.4. The van der Waals surface area contributed by atoms with Crippen LogP contribution in [0.25, 0.3) is 10.8 Å². The average molecular weight is 420 g/mol. The fraction of sp³-hybridized carbons (Fsp3) is 0.320. The minimum absolute atomic E-state index is 0.150. The van der Waals surface area contributed by atoms with E-state index in [1.807, 2.05) is 24.3 Å². The zero-order chi connectivity index (χ0) is 20.7.